The van der Waals surface area contributed by atoms with Gasteiger partial charge in [-0.15, -0.1) is 0 Å². The van der Waals surface area contributed by atoms with E-state index in [4.69, 9.17) is 15.2 Å². The van der Waals surface area contributed by atoms with Gasteiger partial charge >= 0.3 is 0 Å². The Morgan fingerprint density at radius 2 is 1.45 bits per heavy atom. The van der Waals surface area contributed by atoms with E-state index in [-0.39, 0.29) is 11.8 Å². The molecule has 0 spiro atoms. The molecule has 7 nitrogen and oxygen atoms in total. The normalized spacial score (nSPS) is 10.1. The number of methoxy groups -OCH3 is 1. The smallest absolute Gasteiger partial charge is 0.255 e. The minimum absolute atomic E-state index is 0.227. The van der Waals surface area contributed by atoms with Crippen molar-refractivity contribution < 1.29 is 19.1 Å². The van der Waals surface area contributed by atoms with Crippen LogP contribution in [0.25, 0.3) is 0 Å². The second kappa shape index (κ2) is 8.79. The Balaban J connectivity index is 1.67. The SMILES string of the molecule is CNC(=O)c1cc(Oc2ccc(NC(=O)c3ccc(OC)cc3)cc2)ccc1N. The summed E-state index contributed by atoms with van der Waals surface area (Å²) in [6.07, 6.45) is 0. The fraction of sp³-hybridized carbons (Fsp3) is 0.0909. The first-order valence-corrected chi connectivity index (χ1v) is 8.85. The maximum atomic E-state index is 12.3. The molecule has 0 atom stereocenters. The molecule has 2 amide bonds. The van der Waals surface area contributed by atoms with Crippen LogP contribution in [0.2, 0.25) is 0 Å². The van der Waals surface area contributed by atoms with Crippen LogP contribution in [0.3, 0.4) is 0 Å². The summed E-state index contributed by atoms with van der Waals surface area (Å²) in [6.45, 7) is 0. The van der Waals surface area contributed by atoms with E-state index in [1.165, 1.54) is 7.05 Å². The third kappa shape index (κ3) is 4.84. The lowest BCUT2D eigenvalue weighted by atomic mass is 10.1. The largest absolute Gasteiger partial charge is 0.497 e. The topological polar surface area (TPSA) is 103 Å². The van der Waals surface area contributed by atoms with Crippen molar-refractivity contribution in [2.75, 3.05) is 25.2 Å². The molecule has 0 aliphatic rings. The van der Waals surface area contributed by atoms with E-state index in [2.05, 4.69) is 10.6 Å². The standard InChI is InChI=1S/C22H21N3O4/c1-24-22(27)19-13-18(11-12-20(19)23)29-17-9-5-15(6-10-17)25-21(26)14-3-7-16(28-2)8-4-14/h3-13H,23H2,1-2H3,(H,24,27)(H,25,26). The molecule has 3 rings (SSSR count). The van der Waals surface area contributed by atoms with Crippen molar-refractivity contribution in [2.45, 2.75) is 0 Å². The average molecular weight is 391 g/mol. The van der Waals surface area contributed by atoms with Crippen molar-refractivity contribution >= 4 is 23.2 Å². The number of ether oxygens (including phenoxy) is 2. The van der Waals surface area contributed by atoms with E-state index in [0.29, 0.717) is 39.8 Å². The number of rotatable bonds is 6. The van der Waals surface area contributed by atoms with Gasteiger partial charge in [-0.2, -0.15) is 0 Å². The number of nitrogens with two attached hydrogens (primary N) is 1. The minimum Gasteiger partial charge on any atom is -0.497 e. The Kier molecular flexibility index (Phi) is 5.99. The van der Waals surface area contributed by atoms with E-state index >= 15 is 0 Å². The second-order valence-corrected chi connectivity index (χ2v) is 6.14. The van der Waals surface area contributed by atoms with E-state index in [0.717, 1.165) is 0 Å². The highest BCUT2D eigenvalue weighted by Gasteiger charge is 2.10. The molecule has 0 aliphatic carbocycles. The molecule has 7 heteroatoms. The van der Waals surface area contributed by atoms with Gasteiger partial charge in [0.2, 0.25) is 0 Å². The lowest BCUT2D eigenvalue weighted by Crippen LogP contribution is -2.19. The van der Waals surface area contributed by atoms with Gasteiger partial charge in [-0.05, 0) is 66.7 Å². The van der Waals surface area contributed by atoms with Crippen molar-refractivity contribution in [1.29, 1.82) is 0 Å². The lowest BCUT2D eigenvalue weighted by Gasteiger charge is -2.10. The van der Waals surface area contributed by atoms with Gasteiger partial charge in [-0.1, -0.05) is 0 Å². The van der Waals surface area contributed by atoms with Crippen LogP contribution in [0, 0.1) is 0 Å². The lowest BCUT2D eigenvalue weighted by molar-refractivity contribution is 0.0962. The maximum Gasteiger partial charge on any atom is 0.255 e. The van der Waals surface area contributed by atoms with Gasteiger partial charge in [0.15, 0.2) is 0 Å². The quantitative estimate of drug-likeness (QED) is 0.556. The summed E-state index contributed by atoms with van der Waals surface area (Å²) < 4.78 is 10.9. The zero-order valence-electron chi connectivity index (χ0n) is 16.1. The van der Waals surface area contributed by atoms with Crippen LogP contribution in [-0.2, 0) is 0 Å². The highest BCUT2D eigenvalue weighted by molar-refractivity contribution is 6.04. The molecule has 0 fully saturated rings. The predicted molar refractivity (Wildman–Crippen MR) is 112 cm³/mol. The van der Waals surface area contributed by atoms with Gasteiger partial charge in [0, 0.05) is 24.0 Å². The molecule has 0 unspecified atom stereocenters. The molecule has 29 heavy (non-hydrogen) atoms. The van der Waals surface area contributed by atoms with Crippen LogP contribution < -0.4 is 25.8 Å². The number of hydrogen-bond acceptors (Lipinski definition) is 5. The van der Waals surface area contributed by atoms with Gasteiger partial charge < -0.3 is 25.8 Å². The molecule has 3 aromatic carbocycles. The highest BCUT2D eigenvalue weighted by atomic mass is 16.5. The zero-order chi connectivity index (χ0) is 20.8. The van der Waals surface area contributed by atoms with Gasteiger partial charge in [0.25, 0.3) is 11.8 Å². The highest BCUT2D eigenvalue weighted by Crippen LogP contribution is 2.26. The maximum absolute atomic E-state index is 12.3. The summed E-state index contributed by atoms with van der Waals surface area (Å²) in [4.78, 5) is 24.2. The molecule has 0 heterocycles. The van der Waals surface area contributed by atoms with Crippen LogP contribution in [0.4, 0.5) is 11.4 Å². The summed E-state index contributed by atoms with van der Waals surface area (Å²) in [5.74, 6) is 1.21. The Morgan fingerprint density at radius 1 is 0.828 bits per heavy atom. The summed E-state index contributed by atoms with van der Waals surface area (Å²) in [5.41, 5.74) is 7.69. The van der Waals surface area contributed by atoms with Gasteiger partial charge in [-0.25, -0.2) is 0 Å². The van der Waals surface area contributed by atoms with E-state index in [1.807, 2.05) is 0 Å². The Hall–Kier alpha value is -4.00. The number of amides is 2. The molecule has 148 valence electrons. The molecular weight excluding hydrogens is 370 g/mol. The first kappa shape index (κ1) is 19.8. The fourth-order valence-corrected chi connectivity index (χ4v) is 2.62. The van der Waals surface area contributed by atoms with Crippen LogP contribution in [0.5, 0.6) is 17.2 Å². The third-order valence-electron chi connectivity index (χ3n) is 4.20. The Bertz CT molecular complexity index is 1020. The van der Waals surface area contributed by atoms with E-state index in [1.54, 1.807) is 73.8 Å². The third-order valence-corrected chi connectivity index (χ3v) is 4.20. The number of hydrogen-bond donors (Lipinski definition) is 3. The summed E-state index contributed by atoms with van der Waals surface area (Å²) in [7, 11) is 3.11. The van der Waals surface area contributed by atoms with Crippen molar-refractivity contribution in [3.8, 4) is 17.2 Å². The fourth-order valence-electron chi connectivity index (χ4n) is 2.62. The van der Waals surface area contributed by atoms with Crippen LogP contribution >= 0.6 is 0 Å². The monoisotopic (exact) mass is 391 g/mol. The number of carbonyl (C=O) groups is 2. The summed E-state index contributed by atoms with van der Waals surface area (Å²) in [5, 5.41) is 5.36. The van der Waals surface area contributed by atoms with E-state index in [9.17, 15) is 9.59 Å². The minimum atomic E-state index is -0.287. The first-order chi connectivity index (χ1) is 14.0. The number of benzene rings is 3. The summed E-state index contributed by atoms with van der Waals surface area (Å²) in [6, 6.07) is 18.6. The molecule has 3 aromatic rings. The predicted octanol–water partition coefficient (Wildman–Crippen LogP) is 3.68. The second-order valence-electron chi connectivity index (χ2n) is 6.14. The summed E-state index contributed by atoms with van der Waals surface area (Å²) >= 11 is 0. The van der Waals surface area contributed by atoms with Gasteiger partial charge in [-0.3, -0.25) is 9.59 Å². The molecule has 4 N–H and O–H groups in total. The molecular formula is C22H21N3O4. The van der Waals surface area contributed by atoms with Crippen LogP contribution in [0.15, 0.2) is 66.7 Å². The van der Waals surface area contributed by atoms with Crippen molar-refractivity contribution in [2.24, 2.45) is 0 Å². The molecule has 0 bridgehead atoms. The Labute approximate surface area is 168 Å². The molecule has 0 aliphatic heterocycles. The van der Waals surface area contributed by atoms with Crippen molar-refractivity contribution in [3.05, 3.63) is 77.9 Å². The van der Waals surface area contributed by atoms with Crippen LogP contribution in [0.1, 0.15) is 20.7 Å². The molecule has 0 aromatic heterocycles. The van der Waals surface area contributed by atoms with Crippen LogP contribution in [-0.4, -0.2) is 26.0 Å². The van der Waals surface area contributed by atoms with Crippen molar-refractivity contribution in [3.63, 3.8) is 0 Å². The molecule has 0 saturated heterocycles. The zero-order valence-corrected chi connectivity index (χ0v) is 16.1. The van der Waals surface area contributed by atoms with Gasteiger partial charge in [0.05, 0.1) is 12.7 Å². The Morgan fingerprint density at radius 3 is 2.07 bits per heavy atom. The molecule has 0 radical (unpaired) electrons. The van der Waals surface area contributed by atoms with Crippen molar-refractivity contribution in [1.82, 2.24) is 5.32 Å². The number of carbonyl (C=O) groups excluding carboxylic acids is 2. The first-order valence-electron chi connectivity index (χ1n) is 8.85. The average Bonchev–Trinajstić information content (AvgIpc) is 2.76. The van der Waals surface area contributed by atoms with E-state index < -0.39 is 0 Å². The van der Waals surface area contributed by atoms with Gasteiger partial charge in [0.1, 0.15) is 17.2 Å². The molecule has 0 saturated carbocycles. The number of nitrogen functional groups attached to an aromatic ring is 1. The number of nitrogens with one attached hydrogen (secondary N) is 2. The number of anilines is 2.